The number of rotatable bonds is 7. The van der Waals surface area contributed by atoms with Crippen LogP contribution in [-0.4, -0.2) is 21.6 Å². The number of nitrogens with one attached hydrogen (secondary N) is 2. The van der Waals surface area contributed by atoms with Gasteiger partial charge in [-0.25, -0.2) is 4.98 Å². The van der Waals surface area contributed by atoms with Gasteiger partial charge < -0.3 is 10.3 Å². The summed E-state index contributed by atoms with van der Waals surface area (Å²) in [6.07, 6.45) is 0.416. The van der Waals surface area contributed by atoms with Gasteiger partial charge in [-0.05, 0) is 37.1 Å². The number of nitrogens with zero attached hydrogens (tertiary/aromatic N) is 1. The zero-order valence-electron chi connectivity index (χ0n) is 17.7. The molecule has 0 atom stereocenters. The van der Waals surface area contributed by atoms with E-state index in [1.165, 1.54) is 0 Å². The van der Waals surface area contributed by atoms with Crippen LogP contribution in [0.2, 0.25) is 0 Å². The summed E-state index contributed by atoms with van der Waals surface area (Å²) in [4.78, 5) is 20.7. The number of aryl methyl sites for hydroxylation is 2. The predicted molar refractivity (Wildman–Crippen MR) is 129 cm³/mol. The second kappa shape index (κ2) is 9.67. The molecule has 2 N–H and O–H groups in total. The molecule has 31 heavy (non-hydrogen) atoms. The summed E-state index contributed by atoms with van der Waals surface area (Å²) in [5, 5.41) is 3.81. The van der Waals surface area contributed by atoms with Gasteiger partial charge in [0, 0.05) is 29.0 Å². The van der Waals surface area contributed by atoms with Gasteiger partial charge in [0.25, 0.3) is 0 Å². The van der Waals surface area contributed by atoms with E-state index in [2.05, 4.69) is 40.6 Å². The number of imidazole rings is 1. The summed E-state index contributed by atoms with van der Waals surface area (Å²) in [6.45, 7) is 4.06. The Bertz CT molecular complexity index is 1090. The van der Waals surface area contributed by atoms with Crippen LogP contribution in [0, 0.1) is 13.8 Å². The van der Waals surface area contributed by atoms with Crippen molar-refractivity contribution in [2.24, 2.45) is 0 Å². The van der Waals surface area contributed by atoms with Crippen LogP contribution in [0.25, 0.3) is 22.5 Å². The molecule has 1 amide bonds. The van der Waals surface area contributed by atoms with Gasteiger partial charge >= 0.3 is 0 Å². The number of aromatic nitrogens is 2. The van der Waals surface area contributed by atoms with E-state index in [1.807, 2.05) is 62.4 Å². The SMILES string of the molecule is Cc1cc(C)cc(NC(=O)CCSc2nc(-c3ccccc3)c(-c3ccccc3)[nH]2)c1. The lowest BCUT2D eigenvalue weighted by atomic mass is 10.1. The molecule has 0 aliphatic heterocycles. The van der Waals surface area contributed by atoms with E-state index in [-0.39, 0.29) is 5.91 Å². The fraction of sp³-hybridized carbons (Fsp3) is 0.154. The molecule has 156 valence electrons. The van der Waals surface area contributed by atoms with Gasteiger partial charge in [-0.15, -0.1) is 0 Å². The molecule has 4 nitrogen and oxygen atoms in total. The van der Waals surface area contributed by atoms with Crippen molar-refractivity contribution in [2.45, 2.75) is 25.4 Å². The van der Waals surface area contributed by atoms with Crippen molar-refractivity contribution in [3.63, 3.8) is 0 Å². The molecule has 0 radical (unpaired) electrons. The molecule has 0 aliphatic rings. The molecule has 0 saturated heterocycles. The van der Waals surface area contributed by atoms with E-state index in [1.54, 1.807) is 11.8 Å². The Labute approximate surface area is 187 Å². The van der Waals surface area contributed by atoms with Gasteiger partial charge in [0.15, 0.2) is 5.16 Å². The average Bonchev–Trinajstić information content (AvgIpc) is 3.18. The van der Waals surface area contributed by atoms with Crippen LogP contribution in [0.3, 0.4) is 0 Å². The maximum absolute atomic E-state index is 12.4. The quantitative estimate of drug-likeness (QED) is 0.332. The Balaban J connectivity index is 1.45. The number of hydrogen-bond acceptors (Lipinski definition) is 3. The van der Waals surface area contributed by atoms with Gasteiger partial charge in [0.2, 0.25) is 5.91 Å². The maximum atomic E-state index is 12.4. The lowest BCUT2D eigenvalue weighted by Gasteiger charge is -2.07. The summed E-state index contributed by atoms with van der Waals surface area (Å²) in [7, 11) is 0. The Kier molecular flexibility index (Phi) is 6.53. The fourth-order valence-electron chi connectivity index (χ4n) is 3.55. The normalized spacial score (nSPS) is 10.8. The first-order valence-electron chi connectivity index (χ1n) is 10.3. The number of thioether (sulfide) groups is 1. The standard InChI is InChI=1S/C26H25N3OS/c1-18-15-19(2)17-22(16-18)27-23(30)13-14-31-26-28-24(20-9-5-3-6-10-20)25(29-26)21-11-7-4-8-12-21/h3-12,15-17H,13-14H2,1-2H3,(H,27,30)(H,28,29). The lowest BCUT2D eigenvalue weighted by Crippen LogP contribution is -2.12. The Morgan fingerprint density at radius 1 is 0.903 bits per heavy atom. The number of hydrogen-bond donors (Lipinski definition) is 2. The van der Waals surface area contributed by atoms with Crippen LogP contribution >= 0.6 is 11.8 Å². The molecule has 0 unspecified atom stereocenters. The minimum Gasteiger partial charge on any atom is -0.332 e. The highest BCUT2D eigenvalue weighted by molar-refractivity contribution is 7.99. The van der Waals surface area contributed by atoms with E-state index in [4.69, 9.17) is 4.98 Å². The highest BCUT2D eigenvalue weighted by Crippen LogP contribution is 2.32. The largest absolute Gasteiger partial charge is 0.332 e. The van der Waals surface area contributed by atoms with Crippen LogP contribution < -0.4 is 5.32 Å². The second-order valence-electron chi connectivity index (χ2n) is 7.52. The molecule has 5 heteroatoms. The third-order valence-electron chi connectivity index (χ3n) is 4.87. The van der Waals surface area contributed by atoms with Crippen LogP contribution in [0.1, 0.15) is 17.5 Å². The first-order chi connectivity index (χ1) is 15.1. The van der Waals surface area contributed by atoms with E-state index >= 15 is 0 Å². The van der Waals surface area contributed by atoms with Crippen molar-refractivity contribution in [2.75, 3.05) is 11.1 Å². The topological polar surface area (TPSA) is 57.8 Å². The number of aromatic amines is 1. The van der Waals surface area contributed by atoms with Crippen molar-refractivity contribution < 1.29 is 4.79 Å². The molecule has 0 aliphatic carbocycles. The third-order valence-corrected chi connectivity index (χ3v) is 5.74. The summed E-state index contributed by atoms with van der Waals surface area (Å²) >= 11 is 1.56. The Hall–Kier alpha value is -3.31. The molecule has 1 aromatic heterocycles. The number of amides is 1. The van der Waals surface area contributed by atoms with Gasteiger partial charge in [0.1, 0.15) is 0 Å². The van der Waals surface area contributed by atoms with E-state index < -0.39 is 0 Å². The van der Waals surface area contributed by atoms with Crippen molar-refractivity contribution in [1.82, 2.24) is 9.97 Å². The van der Waals surface area contributed by atoms with Gasteiger partial charge in [-0.1, -0.05) is 78.5 Å². The van der Waals surface area contributed by atoms with E-state index in [0.717, 1.165) is 44.5 Å². The molecule has 4 rings (SSSR count). The average molecular weight is 428 g/mol. The molecule has 0 spiro atoms. The molecule has 4 aromatic rings. The number of benzene rings is 3. The monoisotopic (exact) mass is 427 g/mol. The van der Waals surface area contributed by atoms with E-state index in [9.17, 15) is 4.79 Å². The number of anilines is 1. The fourth-order valence-corrected chi connectivity index (χ4v) is 4.36. The molecule has 3 aromatic carbocycles. The number of H-pyrrole nitrogens is 1. The first kappa shape index (κ1) is 20.9. The molecular formula is C26H25N3OS. The van der Waals surface area contributed by atoms with Crippen LogP contribution in [-0.2, 0) is 4.79 Å². The molecular weight excluding hydrogens is 402 g/mol. The lowest BCUT2D eigenvalue weighted by molar-refractivity contribution is -0.115. The highest BCUT2D eigenvalue weighted by Gasteiger charge is 2.14. The summed E-state index contributed by atoms with van der Waals surface area (Å²) < 4.78 is 0. The van der Waals surface area contributed by atoms with Crippen LogP contribution in [0.15, 0.2) is 84.0 Å². The van der Waals surface area contributed by atoms with Crippen molar-refractivity contribution in [1.29, 1.82) is 0 Å². The Morgan fingerprint density at radius 2 is 1.52 bits per heavy atom. The van der Waals surface area contributed by atoms with Gasteiger partial charge in [0.05, 0.1) is 11.4 Å². The van der Waals surface area contributed by atoms with Gasteiger partial charge in [-0.2, -0.15) is 0 Å². The summed E-state index contributed by atoms with van der Waals surface area (Å²) in [5.74, 6) is 0.655. The van der Waals surface area contributed by atoms with Gasteiger partial charge in [-0.3, -0.25) is 4.79 Å². The minimum atomic E-state index is 0.00984. The molecule has 0 bridgehead atoms. The van der Waals surface area contributed by atoms with E-state index in [0.29, 0.717) is 12.2 Å². The van der Waals surface area contributed by atoms with Crippen LogP contribution in [0.5, 0.6) is 0 Å². The minimum absolute atomic E-state index is 0.00984. The van der Waals surface area contributed by atoms with Crippen molar-refractivity contribution in [3.8, 4) is 22.5 Å². The van der Waals surface area contributed by atoms with Crippen LogP contribution in [0.4, 0.5) is 5.69 Å². The second-order valence-corrected chi connectivity index (χ2v) is 8.60. The van der Waals surface area contributed by atoms with Crippen molar-refractivity contribution in [3.05, 3.63) is 90.0 Å². The summed E-state index contributed by atoms with van der Waals surface area (Å²) in [6, 6.07) is 26.4. The number of carbonyl (C=O) groups is 1. The zero-order valence-corrected chi connectivity index (χ0v) is 18.5. The predicted octanol–water partition coefficient (Wildman–Crippen LogP) is 6.48. The smallest absolute Gasteiger partial charge is 0.225 e. The molecule has 0 saturated carbocycles. The zero-order chi connectivity index (χ0) is 21.6. The molecule has 0 fully saturated rings. The third kappa shape index (κ3) is 5.44. The first-order valence-corrected chi connectivity index (χ1v) is 11.3. The van der Waals surface area contributed by atoms with Crippen molar-refractivity contribution >= 4 is 23.4 Å². The molecule has 1 heterocycles. The highest BCUT2D eigenvalue weighted by atomic mass is 32.2. The number of carbonyl (C=O) groups excluding carboxylic acids is 1. The maximum Gasteiger partial charge on any atom is 0.225 e. The Morgan fingerprint density at radius 3 is 2.16 bits per heavy atom. The summed E-state index contributed by atoms with van der Waals surface area (Å²) in [5.41, 5.74) is 7.21.